The first kappa shape index (κ1) is 15.7. The van der Waals surface area contributed by atoms with Crippen molar-refractivity contribution >= 4 is 28.6 Å². The molecule has 112 valence electrons. The molecule has 2 rings (SSSR count). The van der Waals surface area contributed by atoms with Crippen LogP contribution in [0, 0.1) is 3.57 Å². The average Bonchev–Trinajstić information content (AvgIpc) is 2.83. The molecule has 0 radical (unpaired) electrons. The number of halogens is 1. The lowest BCUT2D eigenvalue weighted by Crippen LogP contribution is -2.06. The van der Waals surface area contributed by atoms with Crippen LogP contribution in [0.2, 0.25) is 0 Å². The van der Waals surface area contributed by atoms with Gasteiger partial charge >= 0.3 is 5.97 Å². The molecule has 6 heteroatoms. The van der Waals surface area contributed by atoms with Gasteiger partial charge < -0.3 is 19.1 Å². The second kappa shape index (κ2) is 6.84. The molecule has 0 bridgehead atoms. The molecule has 1 heterocycles. The van der Waals surface area contributed by atoms with Gasteiger partial charge in [-0.15, -0.1) is 0 Å². The zero-order valence-electron chi connectivity index (χ0n) is 11.8. The number of carbonyl (C=O) groups is 1. The monoisotopic (exact) mass is 401 g/mol. The zero-order chi connectivity index (χ0) is 15.4. The highest BCUT2D eigenvalue weighted by Gasteiger charge is 2.15. The maximum atomic E-state index is 11.3. The SMILES string of the molecule is CCOc1ccc(-n2cc(I)cc2C(=O)O)cc1OCC. The minimum Gasteiger partial charge on any atom is -0.490 e. The molecule has 1 aromatic carbocycles. The van der Waals surface area contributed by atoms with E-state index in [2.05, 4.69) is 22.6 Å². The van der Waals surface area contributed by atoms with E-state index in [0.29, 0.717) is 24.7 Å². The summed E-state index contributed by atoms with van der Waals surface area (Å²) in [5.41, 5.74) is 0.938. The van der Waals surface area contributed by atoms with E-state index in [1.807, 2.05) is 19.9 Å². The first-order valence-electron chi connectivity index (χ1n) is 6.58. The number of benzene rings is 1. The Morgan fingerprint density at radius 1 is 1.19 bits per heavy atom. The maximum absolute atomic E-state index is 11.3. The fraction of sp³-hybridized carbons (Fsp3) is 0.267. The largest absolute Gasteiger partial charge is 0.490 e. The van der Waals surface area contributed by atoms with E-state index in [4.69, 9.17) is 9.47 Å². The van der Waals surface area contributed by atoms with Gasteiger partial charge in [0.25, 0.3) is 0 Å². The van der Waals surface area contributed by atoms with Crippen LogP contribution in [0.5, 0.6) is 11.5 Å². The number of aromatic carboxylic acids is 1. The zero-order valence-corrected chi connectivity index (χ0v) is 14.0. The van der Waals surface area contributed by atoms with Crippen molar-refractivity contribution in [2.75, 3.05) is 13.2 Å². The molecule has 1 aromatic heterocycles. The average molecular weight is 401 g/mol. The van der Waals surface area contributed by atoms with Crippen LogP contribution in [0.15, 0.2) is 30.5 Å². The Labute approximate surface area is 136 Å². The lowest BCUT2D eigenvalue weighted by Gasteiger charge is -2.13. The quantitative estimate of drug-likeness (QED) is 0.752. The summed E-state index contributed by atoms with van der Waals surface area (Å²) in [5.74, 6) is 0.295. The Morgan fingerprint density at radius 3 is 2.48 bits per heavy atom. The Balaban J connectivity index is 2.49. The molecule has 0 atom stereocenters. The van der Waals surface area contributed by atoms with Gasteiger partial charge in [0.1, 0.15) is 5.69 Å². The second-order valence-corrected chi connectivity index (χ2v) is 5.46. The Kier molecular flexibility index (Phi) is 5.11. The third kappa shape index (κ3) is 3.49. The van der Waals surface area contributed by atoms with Crippen LogP contribution in [0.3, 0.4) is 0 Å². The standard InChI is InChI=1S/C15H16INO4/c1-3-20-13-6-5-11(8-14(13)21-4-2)17-9-10(16)7-12(17)15(18)19/h5-9H,3-4H2,1-2H3,(H,18,19). The maximum Gasteiger partial charge on any atom is 0.352 e. The summed E-state index contributed by atoms with van der Waals surface area (Å²) in [6.45, 7) is 4.85. The van der Waals surface area contributed by atoms with Crippen molar-refractivity contribution in [2.45, 2.75) is 13.8 Å². The summed E-state index contributed by atoms with van der Waals surface area (Å²) in [6.07, 6.45) is 1.77. The number of nitrogens with zero attached hydrogens (tertiary/aromatic N) is 1. The highest BCUT2D eigenvalue weighted by molar-refractivity contribution is 14.1. The van der Waals surface area contributed by atoms with E-state index < -0.39 is 5.97 Å². The predicted molar refractivity (Wildman–Crippen MR) is 87.8 cm³/mol. The summed E-state index contributed by atoms with van der Waals surface area (Å²) in [5, 5.41) is 9.27. The van der Waals surface area contributed by atoms with Crippen molar-refractivity contribution < 1.29 is 19.4 Å². The predicted octanol–water partition coefficient (Wildman–Crippen LogP) is 3.58. The van der Waals surface area contributed by atoms with Crippen LogP contribution in [0.25, 0.3) is 5.69 Å². The van der Waals surface area contributed by atoms with Crippen LogP contribution in [-0.4, -0.2) is 28.9 Å². The topological polar surface area (TPSA) is 60.7 Å². The Morgan fingerprint density at radius 2 is 1.86 bits per heavy atom. The molecule has 21 heavy (non-hydrogen) atoms. The smallest absolute Gasteiger partial charge is 0.352 e. The third-order valence-electron chi connectivity index (χ3n) is 2.81. The van der Waals surface area contributed by atoms with Gasteiger partial charge in [0.2, 0.25) is 0 Å². The molecular formula is C15H16INO4. The van der Waals surface area contributed by atoms with E-state index in [0.717, 1.165) is 9.26 Å². The van der Waals surface area contributed by atoms with E-state index in [1.165, 1.54) is 0 Å². The van der Waals surface area contributed by atoms with Crippen LogP contribution in [0.1, 0.15) is 24.3 Å². The van der Waals surface area contributed by atoms with Crippen molar-refractivity contribution in [1.29, 1.82) is 0 Å². The molecule has 0 saturated heterocycles. The summed E-state index contributed by atoms with van der Waals surface area (Å²) in [7, 11) is 0. The van der Waals surface area contributed by atoms with Gasteiger partial charge in [0, 0.05) is 21.5 Å². The number of hydrogen-bond donors (Lipinski definition) is 1. The fourth-order valence-corrected chi connectivity index (χ4v) is 2.57. The van der Waals surface area contributed by atoms with E-state index in [9.17, 15) is 9.90 Å². The number of rotatable bonds is 6. The highest BCUT2D eigenvalue weighted by Crippen LogP contribution is 2.31. The van der Waals surface area contributed by atoms with Gasteiger partial charge in [-0.25, -0.2) is 4.79 Å². The molecule has 5 nitrogen and oxygen atoms in total. The molecule has 1 N–H and O–H groups in total. The lowest BCUT2D eigenvalue weighted by molar-refractivity contribution is 0.0688. The molecule has 0 aliphatic heterocycles. The van der Waals surface area contributed by atoms with E-state index in [1.54, 1.807) is 29.0 Å². The lowest BCUT2D eigenvalue weighted by atomic mass is 10.2. The first-order chi connectivity index (χ1) is 10.1. The molecular weight excluding hydrogens is 385 g/mol. The third-order valence-corrected chi connectivity index (χ3v) is 3.40. The molecule has 0 fully saturated rings. The molecule has 0 amide bonds. The van der Waals surface area contributed by atoms with Crippen molar-refractivity contribution in [3.63, 3.8) is 0 Å². The van der Waals surface area contributed by atoms with Crippen LogP contribution in [0.4, 0.5) is 0 Å². The van der Waals surface area contributed by atoms with Gasteiger partial charge in [-0.05, 0) is 54.6 Å². The fourth-order valence-electron chi connectivity index (χ4n) is 2.00. The Hall–Kier alpha value is -1.70. The van der Waals surface area contributed by atoms with Gasteiger partial charge in [-0.2, -0.15) is 0 Å². The van der Waals surface area contributed by atoms with Gasteiger partial charge in [0.15, 0.2) is 11.5 Å². The summed E-state index contributed by atoms with van der Waals surface area (Å²) >= 11 is 2.09. The van der Waals surface area contributed by atoms with Gasteiger partial charge in [-0.3, -0.25) is 0 Å². The molecule has 0 saturated carbocycles. The summed E-state index contributed by atoms with van der Waals surface area (Å²) in [4.78, 5) is 11.3. The number of aromatic nitrogens is 1. The van der Waals surface area contributed by atoms with Crippen molar-refractivity contribution in [1.82, 2.24) is 4.57 Å². The van der Waals surface area contributed by atoms with Gasteiger partial charge in [-0.1, -0.05) is 0 Å². The number of hydrogen-bond acceptors (Lipinski definition) is 3. The molecule has 0 aliphatic rings. The van der Waals surface area contributed by atoms with Crippen LogP contribution >= 0.6 is 22.6 Å². The van der Waals surface area contributed by atoms with E-state index in [-0.39, 0.29) is 5.69 Å². The highest BCUT2D eigenvalue weighted by atomic mass is 127. The second-order valence-electron chi connectivity index (χ2n) is 4.22. The number of ether oxygens (including phenoxy) is 2. The Bertz CT molecular complexity index is 651. The normalized spacial score (nSPS) is 10.4. The van der Waals surface area contributed by atoms with Crippen LogP contribution < -0.4 is 9.47 Å². The van der Waals surface area contributed by atoms with Gasteiger partial charge in [0.05, 0.1) is 13.2 Å². The summed E-state index contributed by atoms with van der Waals surface area (Å²) < 4.78 is 13.6. The minimum atomic E-state index is -0.968. The number of carboxylic acids is 1. The summed E-state index contributed by atoms with van der Waals surface area (Å²) in [6, 6.07) is 7.02. The van der Waals surface area contributed by atoms with Crippen molar-refractivity contribution in [3.8, 4) is 17.2 Å². The molecule has 2 aromatic rings. The molecule has 0 unspecified atom stereocenters. The molecule has 0 aliphatic carbocycles. The van der Waals surface area contributed by atoms with Crippen molar-refractivity contribution in [3.05, 3.63) is 39.7 Å². The molecule has 0 spiro atoms. The van der Waals surface area contributed by atoms with Crippen LogP contribution in [-0.2, 0) is 0 Å². The van der Waals surface area contributed by atoms with E-state index >= 15 is 0 Å². The first-order valence-corrected chi connectivity index (χ1v) is 7.65. The minimum absolute atomic E-state index is 0.214. The van der Waals surface area contributed by atoms with Crippen molar-refractivity contribution in [2.24, 2.45) is 0 Å². The number of carboxylic acid groups (broad SMARTS) is 1.